The Balaban J connectivity index is 1.99. The van der Waals surface area contributed by atoms with Gasteiger partial charge in [-0.3, -0.25) is 15.2 Å². The molecule has 3 N–H and O–H groups in total. The maximum Gasteiger partial charge on any atom is 0.411 e. The van der Waals surface area contributed by atoms with Crippen molar-refractivity contribution in [3.8, 4) is 0 Å². The lowest BCUT2D eigenvalue weighted by Crippen LogP contribution is -2.12. The molecule has 0 saturated carbocycles. The van der Waals surface area contributed by atoms with Crippen molar-refractivity contribution in [2.24, 2.45) is 0 Å². The second kappa shape index (κ2) is 5.67. The molecular weight excluding hydrogens is 248 g/mol. The van der Waals surface area contributed by atoms with Crippen molar-refractivity contribution >= 4 is 23.4 Å². The Hall–Kier alpha value is -2.83. The molecule has 0 aliphatic carbocycles. The first kappa shape index (κ1) is 12.6. The van der Waals surface area contributed by atoms with Crippen LogP contribution in [0.3, 0.4) is 0 Å². The molecule has 0 aliphatic heterocycles. The molecule has 0 atom stereocenters. The van der Waals surface area contributed by atoms with Gasteiger partial charge in [0.15, 0.2) is 0 Å². The topological polar surface area (TPSA) is 96.1 Å². The summed E-state index contributed by atoms with van der Waals surface area (Å²) in [6.07, 6.45) is 2.39. The molecule has 2 amide bonds. The summed E-state index contributed by atoms with van der Waals surface area (Å²) in [7, 11) is 1.29. The third-order valence-corrected chi connectivity index (χ3v) is 2.33. The van der Waals surface area contributed by atoms with Crippen LogP contribution in [-0.2, 0) is 4.74 Å². The zero-order valence-corrected chi connectivity index (χ0v) is 10.1. The predicted octanol–water partition coefficient (Wildman–Crippen LogP) is 1.84. The molecule has 0 spiro atoms. The molecule has 2 aromatic rings. The zero-order valence-electron chi connectivity index (χ0n) is 10.1. The Kier molecular flexibility index (Phi) is 3.77. The lowest BCUT2D eigenvalue weighted by atomic mass is 10.2. The summed E-state index contributed by atoms with van der Waals surface area (Å²) in [6, 6.07) is 6.65. The van der Waals surface area contributed by atoms with E-state index in [1.54, 1.807) is 24.3 Å². The summed E-state index contributed by atoms with van der Waals surface area (Å²) in [4.78, 5) is 22.7. The van der Waals surface area contributed by atoms with Crippen molar-refractivity contribution in [3.63, 3.8) is 0 Å². The van der Waals surface area contributed by atoms with E-state index < -0.39 is 6.09 Å². The van der Waals surface area contributed by atoms with Crippen LogP contribution in [0.25, 0.3) is 0 Å². The maximum atomic E-state index is 11.7. The number of aromatic nitrogens is 2. The van der Waals surface area contributed by atoms with Crippen LogP contribution in [0.5, 0.6) is 0 Å². The molecule has 7 heteroatoms. The SMILES string of the molecule is COC(=O)Nc1ccc(NC(=O)c2cn[nH]c2)cc1. The number of amides is 2. The summed E-state index contributed by atoms with van der Waals surface area (Å²) in [5.74, 6) is -0.262. The summed E-state index contributed by atoms with van der Waals surface area (Å²) >= 11 is 0. The fourth-order valence-electron chi connectivity index (χ4n) is 1.38. The van der Waals surface area contributed by atoms with E-state index in [-0.39, 0.29) is 5.91 Å². The standard InChI is InChI=1S/C12H12N4O3/c1-19-12(18)16-10-4-2-9(3-5-10)15-11(17)8-6-13-14-7-8/h2-7H,1H3,(H,13,14)(H,15,17)(H,16,18). The molecule has 0 unspecified atom stereocenters. The minimum atomic E-state index is -0.546. The van der Waals surface area contributed by atoms with Gasteiger partial charge in [-0.1, -0.05) is 0 Å². The van der Waals surface area contributed by atoms with Gasteiger partial charge in [0.2, 0.25) is 0 Å². The molecule has 19 heavy (non-hydrogen) atoms. The summed E-state index contributed by atoms with van der Waals surface area (Å²) in [5, 5.41) is 11.5. The van der Waals surface area contributed by atoms with E-state index in [2.05, 4.69) is 25.6 Å². The Bertz CT molecular complexity index is 563. The number of anilines is 2. The van der Waals surface area contributed by atoms with Crippen molar-refractivity contribution in [3.05, 3.63) is 42.2 Å². The van der Waals surface area contributed by atoms with Gasteiger partial charge < -0.3 is 10.1 Å². The van der Waals surface area contributed by atoms with Gasteiger partial charge in [-0.05, 0) is 24.3 Å². The average Bonchev–Trinajstić information content (AvgIpc) is 2.95. The predicted molar refractivity (Wildman–Crippen MR) is 69.0 cm³/mol. The third-order valence-electron chi connectivity index (χ3n) is 2.33. The van der Waals surface area contributed by atoms with Crippen LogP contribution < -0.4 is 10.6 Å². The molecule has 7 nitrogen and oxygen atoms in total. The van der Waals surface area contributed by atoms with Gasteiger partial charge in [-0.2, -0.15) is 5.10 Å². The number of hydrogen-bond donors (Lipinski definition) is 3. The number of methoxy groups -OCH3 is 1. The fraction of sp³-hybridized carbons (Fsp3) is 0.0833. The van der Waals surface area contributed by atoms with Gasteiger partial charge >= 0.3 is 6.09 Å². The molecular formula is C12H12N4O3. The lowest BCUT2D eigenvalue weighted by molar-refractivity contribution is 0.102. The van der Waals surface area contributed by atoms with Crippen molar-refractivity contribution in [1.82, 2.24) is 10.2 Å². The molecule has 1 aromatic carbocycles. The number of benzene rings is 1. The molecule has 1 heterocycles. The number of H-pyrrole nitrogens is 1. The minimum absolute atomic E-state index is 0.262. The first-order chi connectivity index (χ1) is 9.19. The molecule has 0 bridgehead atoms. The number of nitrogens with zero attached hydrogens (tertiary/aromatic N) is 1. The van der Waals surface area contributed by atoms with Crippen molar-refractivity contribution in [1.29, 1.82) is 0 Å². The van der Waals surface area contributed by atoms with Crippen LogP contribution >= 0.6 is 0 Å². The molecule has 98 valence electrons. The van der Waals surface area contributed by atoms with E-state index in [1.807, 2.05) is 0 Å². The van der Waals surface area contributed by atoms with Gasteiger partial charge in [-0.15, -0.1) is 0 Å². The number of carbonyl (C=O) groups excluding carboxylic acids is 2. The molecule has 1 aromatic heterocycles. The molecule has 0 saturated heterocycles. The van der Waals surface area contributed by atoms with Gasteiger partial charge in [-0.25, -0.2) is 4.79 Å². The highest BCUT2D eigenvalue weighted by atomic mass is 16.5. The van der Waals surface area contributed by atoms with Gasteiger partial charge in [0, 0.05) is 17.6 Å². The van der Waals surface area contributed by atoms with E-state index >= 15 is 0 Å². The third kappa shape index (κ3) is 3.32. The Morgan fingerprint density at radius 2 is 1.79 bits per heavy atom. The number of carbonyl (C=O) groups is 2. The van der Waals surface area contributed by atoms with Crippen molar-refractivity contribution < 1.29 is 14.3 Å². The Labute approximate surface area is 109 Å². The van der Waals surface area contributed by atoms with Crippen LogP contribution in [0, 0.1) is 0 Å². The average molecular weight is 260 g/mol. The van der Waals surface area contributed by atoms with E-state index in [0.29, 0.717) is 16.9 Å². The quantitative estimate of drug-likeness (QED) is 0.784. The first-order valence-electron chi connectivity index (χ1n) is 5.44. The van der Waals surface area contributed by atoms with E-state index in [9.17, 15) is 9.59 Å². The van der Waals surface area contributed by atoms with E-state index in [1.165, 1.54) is 19.5 Å². The first-order valence-corrected chi connectivity index (χ1v) is 5.44. The number of hydrogen-bond acceptors (Lipinski definition) is 4. The minimum Gasteiger partial charge on any atom is -0.453 e. The molecule has 0 aliphatic rings. The highest BCUT2D eigenvalue weighted by molar-refractivity contribution is 6.04. The highest BCUT2D eigenvalue weighted by Gasteiger charge is 2.07. The van der Waals surface area contributed by atoms with E-state index in [4.69, 9.17) is 0 Å². The van der Waals surface area contributed by atoms with Gasteiger partial charge in [0.1, 0.15) is 0 Å². The number of nitrogens with one attached hydrogen (secondary N) is 3. The van der Waals surface area contributed by atoms with Crippen LogP contribution in [-0.4, -0.2) is 29.3 Å². The molecule has 0 fully saturated rings. The summed E-state index contributed by atoms with van der Waals surface area (Å²) in [5.41, 5.74) is 1.63. The monoisotopic (exact) mass is 260 g/mol. The lowest BCUT2D eigenvalue weighted by Gasteiger charge is -2.06. The summed E-state index contributed by atoms with van der Waals surface area (Å²) in [6.45, 7) is 0. The highest BCUT2D eigenvalue weighted by Crippen LogP contribution is 2.14. The van der Waals surface area contributed by atoms with Crippen LogP contribution in [0.2, 0.25) is 0 Å². The number of rotatable bonds is 3. The largest absolute Gasteiger partial charge is 0.453 e. The number of ether oxygens (including phenoxy) is 1. The van der Waals surface area contributed by atoms with Crippen molar-refractivity contribution in [2.45, 2.75) is 0 Å². The molecule has 0 radical (unpaired) electrons. The second-order valence-corrected chi connectivity index (χ2v) is 3.64. The molecule has 2 rings (SSSR count). The Morgan fingerprint density at radius 3 is 2.32 bits per heavy atom. The summed E-state index contributed by atoms with van der Waals surface area (Å²) < 4.78 is 4.47. The van der Waals surface area contributed by atoms with Gasteiger partial charge in [0.05, 0.1) is 18.9 Å². The van der Waals surface area contributed by atoms with Crippen LogP contribution in [0.1, 0.15) is 10.4 Å². The fourth-order valence-corrected chi connectivity index (χ4v) is 1.38. The number of aromatic amines is 1. The zero-order chi connectivity index (χ0) is 13.7. The normalized spacial score (nSPS) is 9.74. The van der Waals surface area contributed by atoms with E-state index in [0.717, 1.165) is 0 Å². The van der Waals surface area contributed by atoms with Gasteiger partial charge in [0.25, 0.3) is 5.91 Å². The van der Waals surface area contributed by atoms with Crippen LogP contribution in [0.15, 0.2) is 36.7 Å². The smallest absolute Gasteiger partial charge is 0.411 e. The van der Waals surface area contributed by atoms with Crippen LogP contribution in [0.4, 0.5) is 16.2 Å². The van der Waals surface area contributed by atoms with Crippen molar-refractivity contribution in [2.75, 3.05) is 17.7 Å². The second-order valence-electron chi connectivity index (χ2n) is 3.64. The Morgan fingerprint density at radius 1 is 1.16 bits per heavy atom. The maximum absolute atomic E-state index is 11.7.